The van der Waals surface area contributed by atoms with E-state index in [-0.39, 0.29) is 22.2 Å². The number of carbonyl (C=O) groups is 1. The summed E-state index contributed by atoms with van der Waals surface area (Å²) in [6.45, 7) is 1.54. The zero-order chi connectivity index (χ0) is 12.6. The van der Waals surface area contributed by atoms with Crippen molar-refractivity contribution in [1.82, 2.24) is 4.37 Å². The Bertz CT molecular complexity index is 545. The number of nitrogens with one attached hydrogen (secondary N) is 1. The minimum absolute atomic E-state index is 0.0585. The molecule has 8 heteroatoms. The highest BCUT2D eigenvalue weighted by molar-refractivity contribution is 7.92. The number of aryl methyl sites for hydroxylation is 1. The number of hydrogen-bond acceptors (Lipinski definition) is 5. The Kier molecular flexibility index (Phi) is 3.09. The number of aromatic nitrogens is 1. The van der Waals surface area contributed by atoms with Crippen molar-refractivity contribution in [3.63, 3.8) is 0 Å². The summed E-state index contributed by atoms with van der Waals surface area (Å²) >= 11 is 0.858. The van der Waals surface area contributed by atoms with Gasteiger partial charge in [-0.1, -0.05) is 0 Å². The van der Waals surface area contributed by atoms with Gasteiger partial charge in [-0.15, -0.1) is 0 Å². The summed E-state index contributed by atoms with van der Waals surface area (Å²) in [6.07, 6.45) is 1.85. The first kappa shape index (κ1) is 12.3. The summed E-state index contributed by atoms with van der Waals surface area (Å²) in [5, 5.41) is 9.05. The van der Waals surface area contributed by atoms with Crippen LogP contribution in [0.1, 0.15) is 28.9 Å². The van der Waals surface area contributed by atoms with E-state index in [4.69, 9.17) is 5.11 Å². The summed E-state index contributed by atoms with van der Waals surface area (Å²) < 4.78 is 29.6. The van der Waals surface area contributed by atoms with Crippen LogP contribution in [0.4, 0.5) is 5.00 Å². The summed E-state index contributed by atoms with van der Waals surface area (Å²) in [4.78, 5) is 11.0. The van der Waals surface area contributed by atoms with Gasteiger partial charge in [0.2, 0.25) is 10.0 Å². The average Bonchev–Trinajstić information content (AvgIpc) is 2.89. The van der Waals surface area contributed by atoms with Crippen LogP contribution in [0.15, 0.2) is 0 Å². The normalized spacial score (nSPS) is 15.8. The van der Waals surface area contributed by atoms with Crippen LogP contribution in [0.3, 0.4) is 0 Å². The van der Waals surface area contributed by atoms with Crippen LogP contribution in [0.2, 0.25) is 0 Å². The molecule has 1 aromatic rings. The van der Waals surface area contributed by atoms with Crippen molar-refractivity contribution in [1.29, 1.82) is 0 Å². The Hall–Kier alpha value is -1.15. The van der Waals surface area contributed by atoms with Crippen LogP contribution in [-0.2, 0) is 10.0 Å². The Morgan fingerprint density at radius 1 is 1.59 bits per heavy atom. The van der Waals surface area contributed by atoms with Crippen LogP contribution in [0.5, 0.6) is 0 Å². The van der Waals surface area contributed by atoms with E-state index in [0.717, 1.165) is 24.4 Å². The predicted octanol–water partition coefficient (Wildman–Crippen LogP) is 1.30. The van der Waals surface area contributed by atoms with Gasteiger partial charge < -0.3 is 5.11 Å². The summed E-state index contributed by atoms with van der Waals surface area (Å²) in [5.41, 5.74) is 0.265. The van der Waals surface area contributed by atoms with Gasteiger partial charge in [-0.3, -0.25) is 4.72 Å². The molecule has 0 amide bonds. The van der Waals surface area contributed by atoms with Crippen molar-refractivity contribution in [3.05, 3.63) is 11.3 Å². The molecule has 0 aliphatic heterocycles. The van der Waals surface area contributed by atoms with Gasteiger partial charge in [0.05, 0.1) is 11.4 Å². The van der Waals surface area contributed by atoms with E-state index in [1.807, 2.05) is 0 Å². The van der Waals surface area contributed by atoms with Crippen molar-refractivity contribution in [2.45, 2.75) is 19.8 Å². The summed E-state index contributed by atoms with van der Waals surface area (Å²) in [6, 6.07) is 0. The van der Waals surface area contributed by atoms with Gasteiger partial charge in [-0.25, -0.2) is 13.2 Å². The molecule has 2 rings (SSSR count). The van der Waals surface area contributed by atoms with E-state index < -0.39 is 16.0 Å². The lowest BCUT2D eigenvalue weighted by Gasteiger charge is -2.05. The number of carboxylic acids is 1. The minimum Gasteiger partial charge on any atom is -0.478 e. The number of anilines is 1. The Labute approximate surface area is 103 Å². The summed E-state index contributed by atoms with van der Waals surface area (Å²) in [7, 11) is -3.46. The fourth-order valence-electron chi connectivity index (χ4n) is 1.47. The first-order valence-corrected chi connectivity index (χ1v) is 7.51. The van der Waals surface area contributed by atoms with Gasteiger partial charge in [0.15, 0.2) is 0 Å². The van der Waals surface area contributed by atoms with E-state index in [9.17, 15) is 13.2 Å². The molecule has 1 fully saturated rings. The molecular formula is C9H12N2O4S2. The molecule has 0 saturated heterocycles. The van der Waals surface area contributed by atoms with Gasteiger partial charge in [0, 0.05) is 0 Å². The zero-order valence-corrected chi connectivity index (χ0v) is 10.8. The lowest BCUT2D eigenvalue weighted by atomic mass is 10.2. The maximum Gasteiger partial charge on any atom is 0.340 e. The second-order valence-electron chi connectivity index (χ2n) is 4.10. The molecule has 1 saturated carbocycles. The van der Waals surface area contributed by atoms with Crippen LogP contribution >= 0.6 is 11.5 Å². The van der Waals surface area contributed by atoms with Crippen LogP contribution < -0.4 is 4.72 Å². The highest BCUT2D eigenvalue weighted by Gasteiger charge is 2.29. The molecule has 0 aromatic carbocycles. The van der Waals surface area contributed by atoms with E-state index in [2.05, 4.69) is 9.10 Å². The third kappa shape index (κ3) is 2.95. The lowest BCUT2D eigenvalue weighted by molar-refractivity contribution is 0.0697. The Balaban J connectivity index is 2.20. The lowest BCUT2D eigenvalue weighted by Crippen LogP contribution is -2.18. The van der Waals surface area contributed by atoms with Gasteiger partial charge in [-0.2, -0.15) is 4.37 Å². The topological polar surface area (TPSA) is 96.4 Å². The van der Waals surface area contributed by atoms with E-state index in [0.29, 0.717) is 5.69 Å². The van der Waals surface area contributed by atoms with E-state index in [1.165, 1.54) is 0 Å². The van der Waals surface area contributed by atoms with E-state index >= 15 is 0 Å². The highest BCUT2D eigenvalue weighted by Crippen LogP contribution is 2.32. The first-order chi connectivity index (χ1) is 7.89. The molecule has 0 spiro atoms. The van der Waals surface area contributed by atoms with Gasteiger partial charge in [0.25, 0.3) is 0 Å². The van der Waals surface area contributed by atoms with Crippen molar-refractivity contribution >= 4 is 32.5 Å². The Morgan fingerprint density at radius 2 is 2.24 bits per heavy atom. The molecule has 0 unspecified atom stereocenters. The molecule has 6 nitrogen and oxygen atoms in total. The molecule has 1 heterocycles. The third-order valence-electron chi connectivity index (χ3n) is 2.48. The number of hydrogen-bond donors (Lipinski definition) is 2. The third-order valence-corrected chi connectivity index (χ3v) is 4.89. The molecule has 0 radical (unpaired) electrons. The smallest absolute Gasteiger partial charge is 0.340 e. The fourth-order valence-corrected chi connectivity index (χ4v) is 4.07. The molecule has 0 bridgehead atoms. The van der Waals surface area contributed by atoms with Crippen LogP contribution in [0.25, 0.3) is 0 Å². The minimum atomic E-state index is -3.46. The molecule has 94 valence electrons. The molecule has 1 aliphatic rings. The Morgan fingerprint density at radius 3 is 2.76 bits per heavy atom. The van der Waals surface area contributed by atoms with Crippen molar-refractivity contribution < 1.29 is 18.3 Å². The van der Waals surface area contributed by atoms with Crippen molar-refractivity contribution in [2.24, 2.45) is 5.92 Å². The number of sulfonamides is 1. The first-order valence-electron chi connectivity index (χ1n) is 5.09. The van der Waals surface area contributed by atoms with Crippen LogP contribution in [-0.4, -0.2) is 29.6 Å². The second-order valence-corrected chi connectivity index (χ2v) is 6.64. The fraction of sp³-hybridized carbons (Fsp3) is 0.556. The van der Waals surface area contributed by atoms with Crippen molar-refractivity contribution in [2.75, 3.05) is 10.5 Å². The zero-order valence-electron chi connectivity index (χ0n) is 9.13. The standard InChI is InChI=1S/C9H12N2O4S2/c1-5-7(9(12)13)8(16-10-5)11-17(14,15)4-6-2-3-6/h6,11H,2-4H2,1H3,(H,12,13). The number of aromatic carboxylic acids is 1. The van der Waals surface area contributed by atoms with Gasteiger partial charge >= 0.3 is 5.97 Å². The maximum atomic E-state index is 11.7. The SMILES string of the molecule is Cc1nsc(NS(=O)(=O)CC2CC2)c1C(=O)O. The molecule has 1 aliphatic carbocycles. The predicted molar refractivity (Wildman–Crippen MR) is 63.9 cm³/mol. The molecule has 1 aromatic heterocycles. The monoisotopic (exact) mass is 276 g/mol. The maximum absolute atomic E-state index is 11.7. The number of rotatable bonds is 5. The summed E-state index contributed by atoms with van der Waals surface area (Å²) in [5.74, 6) is -0.890. The molecule has 0 atom stereocenters. The second kappa shape index (κ2) is 4.26. The average molecular weight is 276 g/mol. The van der Waals surface area contributed by atoms with Gasteiger partial charge in [-0.05, 0) is 37.2 Å². The molecular weight excluding hydrogens is 264 g/mol. The highest BCUT2D eigenvalue weighted by atomic mass is 32.2. The quantitative estimate of drug-likeness (QED) is 0.845. The van der Waals surface area contributed by atoms with Crippen molar-refractivity contribution in [3.8, 4) is 0 Å². The van der Waals surface area contributed by atoms with Gasteiger partial charge in [0.1, 0.15) is 10.6 Å². The number of nitrogens with zero attached hydrogens (tertiary/aromatic N) is 1. The largest absolute Gasteiger partial charge is 0.478 e. The van der Waals surface area contributed by atoms with E-state index in [1.54, 1.807) is 6.92 Å². The number of carboxylic acid groups (broad SMARTS) is 1. The molecule has 17 heavy (non-hydrogen) atoms. The molecule has 2 N–H and O–H groups in total. The van der Waals surface area contributed by atoms with Crippen LogP contribution in [0, 0.1) is 12.8 Å².